The van der Waals surface area contributed by atoms with Crippen molar-refractivity contribution in [2.24, 2.45) is 0 Å². The molecular weight excluding hydrogens is 248 g/mol. The number of nitrogens with one attached hydrogen (secondary N) is 1. The van der Waals surface area contributed by atoms with Crippen LogP contribution in [0, 0.1) is 0 Å². The average molecular weight is 262 g/mol. The maximum Gasteiger partial charge on any atom is 0.257 e. The van der Waals surface area contributed by atoms with E-state index in [4.69, 9.17) is 0 Å². The third-order valence-electron chi connectivity index (χ3n) is 2.51. The number of hydrogen-bond acceptors (Lipinski definition) is 4. The molecule has 0 aliphatic heterocycles. The van der Waals surface area contributed by atoms with Crippen LogP contribution in [0.1, 0.15) is 18.3 Å². The SMILES string of the molecule is CCc1c(O)nc(CSc2ccccc2)[nH]c1=O. The first-order valence-corrected chi connectivity index (χ1v) is 6.68. The summed E-state index contributed by atoms with van der Waals surface area (Å²) >= 11 is 1.56. The highest BCUT2D eigenvalue weighted by Crippen LogP contribution is 2.21. The second-order valence-electron chi connectivity index (χ2n) is 3.77. The van der Waals surface area contributed by atoms with Gasteiger partial charge in [0.1, 0.15) is 5.82 Å². The Bertz CT molecular complexity index is 581. The zero-order chi connectivity index (χ0) is 13.0. The van der Waals surface area contributed by atoms with E-state index in [-0.39, 0.29) is 11.4 Å². The molecule has 5 heteroatoms. The van der Waals surface area contributed by atoms with Crippen LogP contribution in [0.25, 0.3) is 0 Å². The molecule has 0 amide bonds. The lowest BCUT2D eigenvalue weighted by atomic mass is 10.2. The minimum absolute atomic E-state index is 0.162. The van der Waals surface area contributed by atoms with Gasteiger partial charge >= 0.3 is 0 Å². The number of nitrogens with zero attached hydrogens (tertiary/aromatic N) is 1. The van der Waals surface area contributed by atoms with E-state index >= 15 is 0 Å². The Balaban J connectivity index is 2.14. The molecule has 94 valence electrons. The van der Waals surface area contributed by atoms with Gasteiger partial charge in [-0.3, -0.25) is 4.79 Å². The number of hydrogen-bond donors (Lipinski definition) is 2. The Morgan fingerprint density at radius 1 is 1.33 bits per heavy atom. The second kappa shape index (κ2) is 5.73. The zero-order valence-electron chi connectivity index (χ0n) is 10.0. The van der Waals surface area contributed by atoms with Crippen molar-refractivity contribution in [2.45, 2.75) is 24.0 Å². The number of H-pyrrole nitrogens is 1. The summed E-state index contributed by atoms with van der Waals surface area (Å²) in [6.07, 6.45) is 0.472. The molecule has 2 aromatic rings. The van der Waals surface area contributed by atoms with E-state index < -0.39 is 0 Å². The van der Waals surface area contributed by atoms with Gasteiger partial charge in [0.2, 0.25) is 5.88 Å². The van der Waals surface area contributed by atoms with E-state index in [1.165, 1.54) is 0 Å². The van der Waals surface area contributed by atoms with Gasteiger partial charge < -0.3 is 10.1 Å². The van der Waals surface area contributed by atoms with Crippen molar-refractivity contribution in [1.82, 2.24) is 9.97 Å². The quantitative estimate of drug-likeness (QED) is 0.830. The fraction of sp³-hybridized carbons (Fsp3) is 0.231. The van der Waals surface area contributed by atoms with Crippen molar-refractivity contribution in [3.63, 3.8) is 0 Å². The maximum absolute atomic E-state index is 11.6. The van der Waals surface area contributed by atoms with Gasteiger partial charge in [-0.2, -0.15) is 4.98 Å². The van der Waals surface area contributed by atoms with Crippen molar-refractivity contribution in [3.8, 4) is 5.88 Å². The van der Waals surface area contributed by atoms with Crippen LogP contribution >= 0.6 is 11.8 Å². The van der Waals surface area contributed by atoms with Gasteiger partial charge in [0.25, 0.3) is 5.56 Å². The first-order chi connectivity index (χ1) is 8.70. The molecule has 0 radical (unpaired) electrons. The number of rotatable bonds is 4. The van der Waals surface area contributed by atoms with Crippen molar-refractivity contribution < 1.29 is 5.11 Å². The Hall–Kier alpha value is -1.75. The molecule has 0 aliphatic carbocycles. The van der Waals surface area contributed by atoms with Gasteiger partial charge in [0, 0.05) is 4.90 Å². The Morgan fingerprint density at radius 2 is 2.06 bits per heavy atom. The molecule has 0 bridgehead atoms. The normalized spacial score (nSPS) is 10.5. The smallest absolute Gasteiger partial charge is 0.257 e. The van der Waals surface area contributed by atoms with E-state index in [0.717, 1.165) is 4.90 Å². The highest BCUT2D eigenvalue weighted by atomic mass is 32.2. The molecule has 0 fully saturated rings. The lowest BCUT2D eigenvalue weighted by molar-refractivity contribution is 0.441. The van der Waals surface area contributed by atoms with E-state index in [1.807, 2.05) is 37.3 Å². The van der Waals surface area contributed by atoms with E-state index in [2.05, 4.69) is 9.97 Å². The first-order valence-electron chi connectivity index (χ1n) is 5.69. The summed E-state index contributed by atoms with van der Waals surface area (Å²) in [5.74, 6) is 0.852. The molecule has 0 aliphatic rings. The van der Waals surface area contributed by atoms with Crippen LogP contribution in [-0.4, -0.2) is 15.1 Å². The molecule has 18 heavy (non-hydrogen) atoms. The third-order valence-corrected chi connectivity index (χ3v) is 3.54. The highest BCUT2D eigenvalue weighted by Gasteiger charge is 2.08. The van der Waals surface area contributed by atoms with Gasteiger partial charge in [-0.15, -0.1) is 11.8 Å². The molecule has 2 rings (SSSR count). The number of aromatic hydroxyl groups is 1. The van der Waals surface area contributed by atoms with Crippen LogP contribution in [0.5, 0.6) is 5.88 Å². The predicted molar refractivity (Wildman–Crippen MR) is 71.9 cm³/mol. The largest absolute Gasteiger partial charge is 0.493 e. The van der Waals surface area contributed by atoms with Gasteiger partial charge in [-0.05, 0) is 18.6 Å². The molecule has 2 N–H and O–H groups in total. The fourth-order valence-corrected chi connectivity index (χ4v) is 2.38. The fourth-order valence-electron chi connectivity index (χ4n) is 1.59. The standard InChI is InChI=1S/C13H14N2O2S/c1-2-10-12(16)14-11(15-13(10)17)8-18-9-6-4-3-5-7-9/h3-7H,2,8H2,1H3,(H2,14,15,16,17). The molecule has 0 saturated heterocycles. The Kier molecular flexibility index (Phi) is 4.04. The molecule has 1 aromatic heterocycles. The molecule has 0 unspecified atom stereocenters. The summed E-state index contributed by atoms with van der Waals surface area (Å²) in [4.78, 5) is 19.4. The predicted octanol–water partition coefficient (Wildman–Crippen LogP) is 2.33. The monoisotopic (exact) mass is 262 g/mol. The lowest BCUT2D eigenvalue weighted by Crippen LogP contribution is -2.15. The first kappa shape index (κ1) is 12.7. The minimum Gasteiger partial charge on any atom is -0.493 e. The van der Waals surface area contributed by atoms with E-state index in [1.54, 1.807) is 11.8 Å². The van der Waals surface area contributed by atoms with Gasteiger partial charge in [0.15, 0.2) is 0 Å². The van der Waals surface area contributed by atoms with Crippen molar-refractivity contribution in [2.75, 3.05) is 0 Å². The molecule has 1 heterocycles. The summed E-state index contributed by atoms with van der Waals surface area (Å²) in [5.41, 5.74) is 0.0807. The Morgan fingerprint density at radius 3 is 2.67 bits per heavy atom. The Labute approximate surface area is 109 Å². The maximum atomic E-state index is 11.6. The zero-order valence-corrected chi connectivity index (χ0v) is 10.8. The molecule has 4 nitrogen and oxygen atoms in total. The van der Waals surface area contributed by atoms with Crippen LogP contribution < -0.4 is 5.56 Å². The lowest BCUT2D eigenvalue weighted by Gasteiger charge is -2.04. The minimum atomic E-state index is -0.256. The van der Waals surface area contributed by atoms with Crippen LogP contribution in [-0.2, 0) is 12.2 Å². The summed E-state index contributed by atoms with van der Waals surface area (Å²) in [6, 6.07) is 9.84. The van der Waals surface area contributed by atoms with E-state index in [9.17, 15) is 9.90 Å². The van der Waals surface area contributed by atoms with Crippen molar-refractivity contribution in [3.05, 3.63) is 52.1 Å². The summed E-state index contributed by atoms with van der Waals surface area (Å²) < 4.78 is 0. The van der Waals surface area contributed by atoms with E-state index in [0.29, 0.717) is 23.6 Å². The summed E-state index contributed by atoms with van der Waals surface area (Å²) in [7, 11) is 0. The van der Waals surface area contributed by atoms with Crippen LogP contribution in [0.4, 0.5) is 0 Å². The number of thioether (sulfide) groups is 1. The topological polar surface area (TPSA) is 66.0 Å². The highest BCUT2D eigenvalue weighted by molar-refractivity contribution is 7.98. The van der Waals surface area contributed by atoms with Crippen molar-refractivity contribution >= 4 is 11.8 Å². The number of aromatic amines is 1. The molecule has 1 aromatic carbocycles. The molecule has 0 spiro atoms. The molecule has 0 saturated carbocycles. The summed E-state index contributed by atoms with van der Waals surface area (Å²) in [6.45, 7) is 1.81. The second-order valence-corrected chi connectivity index (χ2v) is 4.82. The number of aromatic nitrogens is 2. The third kappa shape index (κ3) is 2.92. The molecule has 0 atom stereocenters. The van der Waals surface area contributed by atoms with Gasteiger partial charge in [-0.25, -0.2) is 0 Å². The van der Waals surface area contributed by atoms with Crippen LogP contribution in [0.3, 0.4) is 0 Å². The number of benzene rings is 1. The van der Waals surface area contributed by atoms with Crippen LogP contribution in [0.15, 0.2) is 40.0 Å². The van der Waals surface area contributed by atoms with Crippen molar-refractivity contribution in [1.29, 1.82) is 0 Å². The average Bonchev–Trinajstić information content (AvgIpc) is 2.37. The van der Waals surface area contributed by atoms with Crippen LogP contribution in [0.2, 0.25) is 0 Å². The molecular formula is C13H14N2O2S. The summed E-state index contributed by atoms with van der Waals surface area (Å²) in [5, 5.41) is 9.63. The van der Waals surface area contributed by atoms with Gasteiger partial charge in [-0.1, -0.05) is 25.1 Å². The van der Waals surface area contributed by atoms with Gasteiger partial charge in [0.05, 0.1) is 11.3 Å².